The lowest BCUT2D eigenvalue weighted by molar-refractivity contribution is 0.183. The number of nitrogens with one attached hydrogen (secondary N) is 1. The molecular formula is C16H24FN7O. The highest BCUT2D eigenvalue weighted by Crippen LogP contribution is 2.23. The number of nitrogens with zero attached hydrogens (tertiary/aromatic N) is 6. The molecule has 1 fully saturated rings. The van der Waals surface area contributed by atoms with Crippen LogP contribution in [0.4, 0.5) is 15.0 Å². The summed E-state index contributed by atoms with van der Waals surface area (Å²) in [6.45, 7) is 1.48. The Morgan fingerprint density at radius 1 is 1.44 bits per heavy atom. The quantitative estimate of drug-likeness (QED) is 0.881. The molecule has 0 bridgehead atoms. The Labute approximate surface area is 146 Å². The number of carbonyl (C=O) groups excluding carboxylic acids is 1. The number of urea groups is 1. The molecule has 1 N–H and O–H groups in total. The first kappa shape index (κ1) is 17.4. The van der Waals surface area contributed by atoms with E-state index < -0.39 is 6.17 Å². The van der Waals surface area contributed by atoms with Crippen molar-refractivity contribution in [1.29, 1.82) is 0 Å². The Kier molecular flexibility index (Phi) is 5.03. The molecule has 25 heavy (non-hydrogen) atoms. The van der Waals surface area contributed by atoms with Crippen LogP contribution in [0, 0.1) is 0 Å². The van der Waals surface area contributed by atoms with E-state index >= 15 is 0 Å². The van der Waals surface area contributed by atoms with E-state index in [2.05, 4.69) is 20.4 Å². The molecule has 3 rings (SSSR count). The van der Waals surface area contributed by atoms with Gasteiger partial charge in [-0.15, -0.1) is 0 Å². The number of hydrogen-bond acceptors (Lipinski definition) is 4. The van der Waals surface area contributed by atoms with Crippen molar-refractivity contribution >= 4 is 11.8 Å². The van der Waals surface area contributed by atoms with E-state index in [9.17, 15) is 9.18 Å². The van der Waals surface area contributed by atoms with Crippen LogP contribution >= 0.6 is 0 Å². The predicted octanol–water partition coefficient (Wildman–Crippen LogP) is 1.23. The largest absolute Gasteiger partial charge is 0.326 e. The smallest absolute Gasteiger partial charge is 0.322 e. The van der Waals surface area contributed by atoms with E-state index in [1.807, 2.05) is 13.2 Å². The molecule has 2 aromatic rings. The van der Waals surface area contributed by atoms with Gasteiger partial charge in [0.25, 0.3) is 0 Å². The van der Waals surface area contributed by atoms with Gasteiger partial charge in [-0.3, -0.25) is 19.6 Å². The van der Waals surface area contributed by atoms with Crippen LogP contribution in [0.3, 0.4) is 0 Å². The first-order chi connectivity index (χ1) is 11.9. The molecule has 136 valence electrons. The van der Waals surface area contributed by atoms with Crippen LogP contribution < -0.4 is 5.32 Å². The number of rotatable bonds is 5. The lowest BCUT2D eigenvalue weighted by Gasteiger charge is -2.28. The molecule has 0 saturated carbocycles. The molecule has 8 nitrogen and oxygen atoms in total. The van der Waals surface area contributed by atoms with Crippen LogP contribution in [0.25, 0.3) is 0 Å². The molecule has 9 heteroatoms. The number of anilines is 1. The molecule has 0 aromatic carbocycles. The van der Waals surface area contributed by atoms with Crippen molar-refractivity contribution < 1.29 is 9.18 Å². The molecule has 1 aliphatic rings. The zero-order valence-corrected chi connectivity index (χ0v) is 14.8. The molecule has 0 radical (unpaired) electrons. The van der Waals surface area contributed by atoms with Gasteiger partial charge in [-0.1, -0.05) is 0 Å². The number of likely N-dealkylation sites (tertiary alicyclic amines) is 1. The maximum absolute atomic E-state index is 13.9. The minimum atomic E-state index is -0.866. The van der Waals surface area contributed by atoms with E-state index in [1.54, 1.807) is 46.8 Å². The lowest BCUT2D eigenvalue weighted by Crippen LogP contribution is -2.42. The summed E-state index contributed by atoms with van der Waals surface area (Å²) < 4.78 is 17.3. The summed E-state index contributed by atoms with van der Waals surface area (Å²) in [7, 11) is 5.34. The van der Waals surface area contributed by atoms with E-state index in [0.29, 0.717) is 31.9 Å². The first-order valence-corrected chi connectivity index (χ1v) is 8.28. The Morgan fingerprint density at radius 3 is 2.88 bits per heavy atom. The van der Waals surface area contributed by atoms with Crippen molar-refractivity contribution in [2.45, 2.75) is 25.2 Å². The van der Waals surface area contributed by atoms with Gasteiger partial charge in [0.1, 0.15) is 12.0 Å². The summed E-state index contributed by atoms with van der Waals surface area (Å²) in [6.07, 6.45) is 4.91. The molecule has 2 amide bonds. The molecule has 3 heterocycles. The SMILES string of the molecule is CN(C[C@@H]1C[C@H](F)CN1Cc1cnn(C)c1)C(=O)Nc1ccnn1C. The second kappa shape index (κ2) is 7.22. The van der Waals surface area contributed by atoms with Gasteiger partial charge in [0.2, 0.25) is 0 Å². The highest BCUT2D eigenvalue weighted by Gasteiger charge is 2.33. The van der Waals surface area contributed by atoms with Gasteiger partial charge in [-0.05, 0) is 6.42 Å². The molecular weight excluding hydrogens is 325 g/mol. The number of alkyl halides is 1. The highest BCUT2D eigenvalue weighted by atomic mass is 19.1. The normalized spacial score (nSPS) is 20.8. The van der Waals surface area contributed by atoms with Gasteiger partial charge < -0.3 is 4.90 Å². The maximum atomic E-state index is 13.9. The summed E-state index contributed by atoms with van der Waals surface area (Å²) in [5.74, 6) is 0.624. The molecule has 2 atom stereocenters. The molecule has 1 saturated heterocycles. The zero-order valence-electron chi connectivity index (χ0n) is 14.8. The van der Waals surface area contributed by atoms with E-state index in [-0.39, 0.29) is 12.1 Å². The van der Waals surface area contributed by atoms with Crippen molar-refractivity contribution in [2.24, 2.45) is 14.1 Å². The van der Waals surface area contributed by atoms with E-state index in [0.717, 1.165) is 5.56 Å². The van der Waals surface area contributed by atoms with E-state index in [1.165, 1.54) is 0 Å². The van der Waals surface area contributed by atoms with Gasteiger partial charge in [0.15, 0.2) is 0 Å². The lowest BCUT2D eigenvalue weighted by atomic mass is 10.2. The number of aromatic nitrogens is 4. The van der Waals surface area contributed by atoms with Crippen molar-refractivity contribution in [2.75, 3.05) is 25.5 Å². The topological polar surface area (TPSA) is 71.2 Å². The summed E-state index contributed by atoms with van der Waals surface area (Å²) in [5.41, 5.74) is 1.04. The monoisotopic (exact) mass is 349 g/mol. The third-order valence-electron chi connectivity index (χ3n) is 4.51. The third-order valence-corrected chi connectivity index (χ3v) is 4.51. The molecule has 0 spiro atoms. The number of carbonyl (C=O) groups is 1. The van der Waals surface area contributed by atoms with Crippen molar-refractivity contribution in [3.05, 3.63) is 30.2 Å². The summed E-state index contributed by atoms with van der Waals surface area (Å²) >= 11 is 0. The number of amides is 2. The number of hydrogen-bond donors (Lipinski definition) is 1. The predicted molar refractivity (Wildman–Crippen MR) is 91.8 cm³/mol. The van der Waals surface area contributed by atoms with Crippen LogP contribution in [-0.2, 0) is 20.6 Å². The fraction of sp³-hybridized carbons (Fsp3) is 0.562. The first-order valence-electron chi connectivity index (χ1n) is 8.28. The molecule has 1 aliphatic heterocycles. The Balaban J connectivity index is 1.59. The summed E-state index contributed by atoms with van der Waals surface area (Å²) in [6, 6.07) is 1.48. The van der Waals surface area contributed by atoms with Crippen LogP contribution in [0.1, 0.15) is 12.0 Å². The standard InChI is InChI=1S/C16H24FN7O/c1-21(16(25)20-15-4-5-18-23(15)3)11-14-6-13(17)10-24(14)9-12-7-19-22(2)8-12/h4-5,7-8,13-14H,6,9-11H2,1-3H3,(H,20,25)/t13-,14-/m0/s1. The van der Waals surface area contributed by atoms with Crippen LogP contribution in [0.5, 0.6) is 0 Å². The second-order valence-electron chi connectivity index (χ2n) is 6.59. The number of halogens is 1. The van der Waals surface area contributed by atoms with Crippen LogP contribution in [0.15, 0.2) is 24.7 Å². The summed E-state index contributed by atoms with van der Waals surface area (Å²) in [5, 5.41) is 11.0. The van der Waals surface area contributed by atoms with Gasteiger partial charge in [0, 0.05) is 64.6 Å². The Bertz CT molecular complexity index is 728. The molecule has 0 aliphatic carbocycles. The van der Waals surface area contributed by atoms with Crippen molar-refractivity contribution in [3.63, 3.8) is 0 Å². The minimum Gasteiger partial charge on any atom is -0.326 e. The Hall–Kier alpha value is -2.42. The fourth-order valence-electron chi connectivity index (χ4n) is 3.19. The maximum Gasteiger partial charge on any atom is 0.322 e. The minimum absolute atomic E-state index is 0.0162. The zero-order chi connectivity index (χ0) is 18.0. The van der Waals surface area contributed by atoms with Gasteiger partial charge >= 0.3 is 6.03 Å². The van der Waals surface area contributed by atoms with Gasteiger partial charge in [0.05, 0.1) is 12.4 Å². The van der Waals surface area contributed by atoms with Crippen LogP contribution in [-0.4, -0.2) is 67.7 Å². The highest BCUT2D eigenvalue weighted by molar-refractivity contribution is 5.88. The Morgan fingerprint density at radius 2 is 2.24 bits per heavy atom. The fourth-order valence-corrected chi connectivity index (χ4v) is 3.19. The average Bonchev–Trinajstić information content (AvgIpc) is 3.23. The van der Waals surface area contributed by atoms with Crippen molar-refractivity contribution in [1.82, 2.24) is 29.4 Å². The second-order valence-corrected chi connectivity index (χ2v) is 6.59. The van der Waals surface area contributed by atoms with Gasteiger partial charge in [-0.25, -0.2) is 9.18 Å². The van der Waals surface area contributed by atoms with Crippen molar-refractivity contribution in [3.8, 4) is 0 Å². The van der Waals surface area contributed by atoms with Crippen LogP contribution in [0.2, 0.25) is 0 Å². The number of aryl methyl sites for hydroxylation is 2. The van der Waals surface area contributed by atoms with Gasteiger partial charge in [-0.2, -0.15) is 10.2 Å². The molecule has 2 aromatic heterocycles. The molecule has 0 unspecified atom stereocenters. The summed E-state index contributed by atoms with van der Waals surface area (Å²) in [4.78, 5) is 16.0. The number of likely N-dealkylation sites (N-methyl/N-ethyl adjacent to an activating group) is 1. The third kappa shape index (κ3) is 4.16. The van der Waals surface area contributed by atoms with E-state index in [4.69, 9.17) is 0 Å². The average molecular weight is 349 g/mol.